The molecule has 9 nitrogen and oxygen atoms in total. The second kappa shape index (κ2) is 12.1. The highest BCUT2D eigenvalue weighted by Gasteiger charge is 2.36. The van der Waals surface area contributed by atoms with Gasteiger partial charge in [-0.2, -0.15) is 0 Å². The highest BCUT2D eigenvalue weighted by molar-refractivity contribution is 9.10. The number of ether oxygens (including phenoxy) is 2. The van der Waals surface area contributed by atoms with E-state index in [9.17, 15) is 19.2 Å². The maximum atomic E-state index is 13.1. The van der Waals surface area contributed by atoms with Crippen LogP contribution < -0.4 is 25.0 Å². The molecule has 1 heterocycles. The van der Waals surface area contributed by atoms with Gasteiger partial charge in [0, 0.05) is 10.7 Å². The number of aryl methyl sites for hydroxylation is 1. The molecular formula is C28H23BrClN3O6. The fraction of sp³-hybridized carbons (Fsp3) is 0.143. The number of barbiturate groups is 1. The van der Waals surface area contributed by atoms with E-state index in [1.807, 2.05) is 13.8 Å². The minimum absolute atomic E-state index is 0.222. The Morgan fingerprint density at radius 3 is 2.46 bits per heavy atom. The molecule has 0 atom stereocenters. The molecule has 200 valence electrons. The predicted molar refractivity (Wildman–Crippen MR) is 151 cm³/mol. The van der Waals surface area contributed by atoms with Gasteiger partial charge in [-0.05, 0) is 95.5 Å². The molecule has 0 radical (unpaired) electrons. The first-order chi connectivity index (χ1) is 18.7. The van der Waals surface area contributed by atoms with E-state index in [4.69, 9.17) is 21.1 Å². The van der Waals surface area contributed by atoms with E-state index in [2.05, 4.69) is 26.6 Å². The van der Waals surface area contributed by atoms with Gasteiger partial charge >= 0.3 is 6.03 Å². The molecule has 0 aliphatic carbocycles. The van der Waals surface area contributed by atoms with Gasteiger partial charge in [-0.15, -0.1) is 0 Å². The highest BCUT2D eigenvalue weighted by Crippen LogP contribution is 2.29. The van der Waals surface area contributed by atoms with Crippen molar-refractivity contribution in [2.24, 2.45) is 0 Å². The summed E-state index contributed by atoms with van der Waals surface area (Å²) in [5.74, 6) is -0.993. The zero-order chi connectivity index (χ0) is 28.1. The van der Waals surface area contributed by atoms with Gasteiger partial charge in [0.15, 0.2) is 6.61 Å². The minimum Gasteiger partial charge on any atom is -0.494 e. The molecule has 1 aliphatic rings. The van der Waals surface area contributed by atoms with Gasteiger partial charge in [0.2, 0.25) is 0 Å². The average Bonchev–Trinajstić information content (AvgIpc) is 2.89. The molecule has 3 aromatic rings. The third kappa shape index (κ3) is 6.65. The summed E-state index contributed by atoms with van der Waals surface area (Å²) in [4.78, 5) is 51.3. The molecule has 1 saturated heterocycles. The molecule has 0 saturated carbocycles. The Bertz CT molecular complexity index is 1490. The van der Waals surface area contributed by atoms with Gasteiger partial charge < -0.3 is 14.8 Å². The second-order valence-corrected chi connectivity index (χ2v) is 9.64. The molecule has 0 spiro atoms. The maximum Gasteiger partial charge on any atom is 0.335 e. The Morgan fingerprint density at radius 1 is 1.05 bits per heavy atom. The van der Waals surface area contributed by atoms with Crippen molar-refractivity contribution in [3.63, 3.8) is 0 Å². The standard InChI is InChI=1S/C28H23BrClN3O6/c1-3-38-20-9-7-19(8-10-20)33-27(36)21(26(35)32-28(33)37)12-17-5-11-24(22(29)13-17)39-15-25(34)31-18-6-4-16(2)23(30)14-18/h4-14H,3,15H2,1-2H3,(H,31,34)(H,32,35,37)/b21-12+. The summed E-state index contributed by atoms with van der Waals surface area (Å²) in [5, 5.41) is 5.44. The van der Waals surface area contributed by atoms with E-state index < -0.39 is 17.8 Å². The minimum atomic E-state index is -0.845. The van der Waals surface area contributed by atoms with E-state index in [-0.39, 0.29) is 23.8 Å². The summed E-state index contributed by atoms with van der Waals surface area (Å²) >= 11 is 9.48. The summed E-state index contributed by atoms with van der Waals surface area (Å²) in [6.45, 7) is 3.92. The number of amides is 5. The summed E-state index contributed by atoms with van der Waals surface area (Å²) in [7, 11) is 0. The van der Waals surface area contributed by atoms with Crippen molar-refractivity contribution in [3.8, 4) is 11.5 Å². The van der Waals surface area contributed by atoms with E-state index in [1.165, 1.54) is 6.08 Å². The number of nitrogens with zero attached hydrogens (tertiary/aromatic N) is 1. The third-order valence-electron chi connectivity index (χ3n) is 5.59. The maximum absolute atomic E-state index is 13.1. The van der Waals surface area contributed by atoms with E-state index in [0.29, 0.717) is 38.9 Å². The Morgan fingerprint density at radius 2 is 1.79 bits per heavy atom. The molecule has 0 bridgehead atoms. The average molecular weight is 613 g/mol. The normalized spacial score (nSPS) is 14.3. The number of anilines is 2. The van der Waals surface area contributed by atoms with Crippen LogP contribution in [0.15, 0.2) is 70.7 Å². The number of hydrogen-bond donors (Lipinski definition) is 2. The van der Waals surface area contributed by atoms with Crippen LogP contribution in [0.4, 0.5) is 16.2 Å². The monoisotopic (exact) mass is 611 g/mol. The number of rotatable bonds is 8. The summed E-state index contributed by atoms with van der Waals surface area (Å²) < 4.78 is 11.5. The van der Waals surface area contributed by atoms with E-state index in [0.717, 1.165) is 10.5 Å². The molecule has 3 aromatic carbocycles. The van der Waals surface area contributed by atoms with Crippen molar-refractivity contribution in [2.75, 3.05) is 23.4 Å². The lowest BCUT2D eigenvalue weighted by Gasteiger charge is -2.26. The molecule has 2 N–H and O–H groups in total. The SMILES string of the molecule is CCOc1ccc(N2C(=O)NC(=O)/C(=C\c3ccc(OCC(=O)Nc4ccc(C)c(Cl)c4)c(Br)c3)C2=O)cc1. The summed E-state index contributed by atoms with van der Waals surface area (Å²) in [5.41, 5.74) is 2.00. The first-order valence-electron chi connectivity index (χ1n) is 11.8. The van der Waals surface area contributed by atoms with Gasteiger partial charge in [-0.3, -0.25) is 19.7 Å². The fourth-order valence-electron chi connectivity index (χ4n) is 3.65. The van der Waals surface area contributed by atoms with Gasteiger partial charge in [-0.1, -0.05) is 23.7 Å². The van der Waals surface area contributed by atoms with Gasteiger partial charge in [0.05, 0.1) is 16.8 Å². The van der Waals surface area contributed by atoms with E-state index >= 15 is 0 Å². The first kappa shape index (κ1) is 27.9. The summed E-state index contributed by atoms with van der Waals surface area (Å²) in [6, 6.07) is 15.6. The summed E-state index contributed by atoms with van der Waals surface area (Å²) in [6.07, 6.45) is 1.37. The van der Waals surface area contributed by atoms with Crippen LogP contribution in [0.3, 0.4) is 0 Å². The Hall–Kier alpha value is -4.15. The molecule has 39 heavy (non-hydrogen) atoms. The lowest BCUT2D eigenvalue weighted by molar-refractivity contribution is -0.122. The molecule has 0 aromatic heterocycles. The Labute approximate surface area is 237 Å². The first-order valence-corrected chi connectivity index (χ1v) is 13.0. The van der Waals surface area contributed by atoms with Crippen molar-refractivity contribution in [1.29, 1.82) is 0 Å². The highest BCUT2D eigenvalue weighted by atomic mass is 79.9. The van der Waals surface area contributed by atoms with Crippen LogP contribution in [0, 0.1) is 6.92 Å². The quantitative estimate of drug-likeness (QED) is 0.257. The number of hydrogen-bond acceptors (Lipinski definition) is 6. The van der Waals surface area contributed by atoms with Gasteiger partial charge in [0.25, 0.3) is 17.7 Å². The van der Waals surface area contributed by atoms with Crippen LogP contribution >= 0.6 is 27.5 Å². The molecule has 4 rings (SSSR count). The number of benzene rings is 3. The molecule has 0 unspecified atom stereocenters. The van der Waals surface area contributed by atoms with Crippen LogP contribution in [0.5, 0.6) is 11.5 Å². The fourth-order valence-corrected chi connectivity index (χ4v) is 4.34. The van der Waals surface area contributed by atoms with Crippen LogP contribution in [0.2, 0.25) is 5.02 Å². The number of nitrogens with one attached hydrogen (secondary N) is 2. The van der Waals surface area contributed by atoms with Gasteiger partial charge in [-0.25, -0.2) is 9.69 Å². The molecule has 11 heteroatoms. The van der Waals surface area contributed by atoms with Crippen LogP contribution in [0.1, 0.15) is 18.1 Å². The van der Waals surface area contributed by atoms with E-state index in [1.54, 1.807) is 60.7 Å². The van der Waals surface area contributed by atoms with Gasteiger partial charge in [0.1, 0.15) is 17.1 Å². The van der Waals surface area contributed by atoms with Crippen LogP contribution in [-0.2, 0) is 14.4 Å². The Balaban J connectivity index is 1.46. The van der Waals surface area contributed by atoms with Crippen LogP contribution in [0.25, 0.3) is 6.08 Å². The topological polar surface area (TPSA) is 114 Å². The lowest BCUT2D eigenvalue weighted by Crippen LogP contribution is -2.54. The largest absolute Gasteiger partial charge is 0.494 e. The third-order valence-corrected chi connectivity index (χ3v) is 6.62. The number of halogens is 2. The number of carbonyl (C=O) groups excluding carboxylic acids is 4. The van der Waals surface area contributed by atoms with Crippen LogP contribution in [-0.4, -0.2) is 37.0 Å². The number of carbonyl (C=O) groups is 4. The lowest BCUT2D eigenvalue weighted by atomic mass is 10.1. The van der Waals surface area contributed by atoms with Crippen molar-refractivity contribution in [1.82, 2.24) is 5.32 Å². The van der Waals surface area contributed by atoms with Crippen molar-refractivity contribution < 1.29 is 28.7 Å². The van der Waals surface area contributed by atoms with Crippen molar-refractivity contribution in [3.05, 3.63) is 86.9 Å². The van der Waals surface area contributed by atoms with Crippen molar-refractivity contribution >= 4 is 68.7 Å². The molecule has 1 fully saturated rings. The molecule has 5 amide bonds. The zero-order valence-corrected chi connectivity index (χ0v) is 23.3. The number of urea groups is 1. The molecular weight excluding hydrogens is 590 g/mol. The van der Waals surface area contributed by atoms with Crippen molar-refractivity contribution in [2.45, 2.75) is 13.8 Å². The predicted octanol–water partition coefficient (Wildman–Crippen LogP) is 5.49. The number of imide groups is 2. The molecule has 1 aliphatic heterocycles. The smallest absolute Gasteiger partial charge is 0.335 e. The second-order valence-electron chi connectivity index (χ2n) is 8.38. The zero-order valence-electron chi connectivity index (χ0n) is 20.9. The Kier molecular flexibility index (Phi) is 8.68.